The van der Waals surface area contributed by atoms with Crippen LogP contribution in [0.3, 0.4) is 0 Å². The van der Waals surface area contributed by atoms with Crippen LogP contribution in [0, 0.1) is 5.41 Å². The van der Waals surface area contributed by atoms with Crippen molar-refractivity contribution in [2.45, 2.75) is 39.7 Å². The summed E-state index contributed by atoms with van der Waals surface area (Å²) in [5, 5.41) is 17.1. The topological polar surface area (TPSA) is 91.3 Å². The van der Waals surface area contributed by atoms with Crippen molar-refractivity contribution >= 4 is 23.3 Å². The Kier molecular flexibility index (Phi) is 5.50. The van der Waals surface area contributed by atoms with Crippen molar-refractivity contribution in [3.63, 3.8) is 0 Å². The number of nitrogens with zero attached hydrogens (tertiary/aromatic N) is 1. The first-order chi connectivity index (χ1) is 9.21. The van der Waals surface area contributed by atoms with E-state index in [-0.39, 0.29) is 5.92 Å². The highest BCUT2D eigenvalue weighted by Gasteiger charge is 2.32. The zero-order valence-electron chi connectivity index (χ0n) is 12.1. The molecule has 1 rings (SSSR count). The molecule has 0 aliphatic rings. The summed E-state index contributed by atoms with van der Waals surface area (Å²) in [6.07, 6.45) is 1.72. The summed E-state index contributed by atoms with van der Waals surface area (Å²) in [6, 6.07) is -1.41. The van der Waals surface area contributed by atoms with Gasteiger partial charge in [0.2, 0.25) is 0 Å². The highest BCUT2D eigenvalue weighted by molar-refractivity contribution is 7.09. The van der Waals surface area contributed by atoms with E-state index in [0.29, 0.717) is 6.54 Å². The zero-order chi connectivity index (χ0) is 15.3. The lowest BCUT2D eigenvalue weighted by atomic mass is 9.87. The van der Waals surface area contributed by atoms with E-state index < -0.39 is 23.5 Å². The van der Waals surface area contributed by atoms with E-state index in [1.807, 2.05) is 12.3 Å². The summed E-state index contributed by atoms with van der Waals surface area (Å²) in [6.45, 7) is 7.67. The Balaban J connectivity index is 2.49. The predicted octanol–water partition coefficient (Wildman–Crippen LogP) is 2.05. The Labute approximate surface area is 122 Å². The SMILES string of the molecule is CC(CNC(=O)N[C@@H](C(=O)O)C(C)(C)C)c1nccs1. The molecule has 0 radical (unpaired) electrons. The maximum Gasteiger partial charge on any atom is 0.326 e. The average molecular weight is 299 g/mol. The van der Waals surface area contributed by atoms with Crippen molar-refractivity contribution in [2.75, 3.05) is 6.54 Å². The van der Waals surface area contributed by atoms with E-state index in [0.717, 1.165) is 5.01 Å². The standard InChI is InChI=1S/C13H21N3O3S/c1-8(10-14-5-6-20-10)7-15-12(19)16-9(11(17)18)13(2,3)4/h5-6,8-9H,7H2,1-4H3,(H,17,18)(H2,15,16,19)/t8?,9-/m0/s1. The molecule has 1 unspecified atom stereocenters. The van der Waals surface area contributed by atoms with Crippen LogP contribution in [0.1, 0.15) is 38.6 Å². The summed E-state index contributed by atoms with van der Waals surface area (Å²) < 4.78 is 0. The van der Waals surface area contributed by atoms with Gasteiger partial charge in [-0.05, 0) is 5.41 Å². The molecule has 2 atom stereocenters. The molecular weight excluding hydrogens is 278 g/mol. The zero-order valence-corrected chi connectivity index (χ0v) is 13.0. The Morgan fingerprint density at radius 3 is 2.55 bits per heavy atom. The molecule has 0 aromatic carbocycles. The van der Waals surface area contributed by atoms with Crippen molar-refractivity contribution in [2.24, 2.45) is 5.41 Å². The van der Waals surface area contributed by atoms with Gasteiger partial charge in [0.05, 0.1) is 5.01 Å². The summed E-state index contributed by atoms with van der Waals surface area (Å²) in [4.78, 5) is 27.1. The number of carboxylic acids is 1. The van der Waals surface area contributed by atoms with Crippen LogP contribution < -0.4 is 10.6 Å². The fraction of sp³-hybridized carbons (Fsp3) is 0.615. The molecule has 112 valence electrons. The van der Waals surface area contributed by atoms with Gasteiger partial charge in [0.25, 0.3) is 0 Å². The molecule has 20 heavy (non-hydrogen) atoms. The number of carbonyl (C=O) groups excluding carboxylic acids is 1. The first-order valence-corrected chi connectivity index (χ1v) is 7.26. The Morgan fingerprint density at radius 2 is 2.10 bits per heavy atom. The third-order valence-electron chi connectivity index (χ3n) is 2.83. The van der Waals surface area contributed by atoms with Gasteiger partial charge in [-0.2, -0.15) is 0 Å². The van der Waals surface area contributed by atoms with Crippen LogP contribution in [0.5, 0.6) is 0 Å². The minimum absolute atomic E-state index is 0.0960. The van der Waals surface area contributed by atoms with Crippen LogP contribution in [0.15, 0.2) is 11.6 Å². The summed E-state index contributed by atoms with van der Waals surface area (Å²) in [7, 11) is 0. The maximum atomic E-state index is 11.8. The predicted molar refractivity (Wildman–Crippen MR) is 77.9 cm³/mol. The van der Waals surface area contributed by atoms with Gasteiger partial charge in [-0.25, -0.2) is 14.6 Å². The van der Waals surface area contributed by atoms with Crippen LogP contribution >= 0.6 is 11.3 Å². The van der Waals surface area contributed by atoms with Crippen molar-refractivity contribution in [1.29, 1.82) is 0 Å². The van der Waals surface area contributed by atoms with Crippen LogP contribution in [0.25, 0.3) is 0 Å². The number of urea groups is 1. The molecule has 6 nitrogen and oxygen atoms in total. The number of hydrogen-bond acceptors (Lipinski definition) is 4. The Bertz CT molecular complexity index is 454. The van der Waals surface area contributed by atoms with Crippen LogP contribution in [0.2, 0.25) is 0 Å². The first-order valence-electron chi connectivity index (χ1n) is 6.38. The second-order valence-electron chi connectivity index (χ2n) is 5.76. The number of amides is 2. The molecule has 0 fully saturated rings. The molecule has 0 spiro atoms. The molecular formula is C13H21N3O3S. The number of carboxylic acid groups (broad SMARTS) is 1. The normalized spacial score (nSPS) is 14.4. The summed E-state index contributed by atoms with van der Waals surface area (Å²) >= 11 is 1.53. The van der Waals surface area contributed by atoms with E-state index in [9.17, 15) is 9.59 Å². The molecule has 2 amide bonds. The Hall–Kier alpha value is -1.63. The van der Waals surface area contributed by atoms with Gasteiger partial charge in [0.1, 0.15) is 6.04 Å². The number of aromatic nitrogens is 1. The monoisotopic (exact) mass is 299 g/mol. The molecule has 1 heterocycles. The number of nitrogens with one attached hydrogen (secondary N) is 2. The number of aliphatic carboxylic acids is 1. The van der Waals surface area contributed by atoms with Crippen molar-refractivity contribution in [3.05, 3.63) is 16.6 Å². The second-order valence-corrected chi connectivity index (χ2v) is 6.69. The van der Waals surface area contributed by atoms with Gasteiger partial charge < -0.3 is 15.7 Å². The molecule has 1 aromatic rings. The minimum Gasteiger partial charge on any atom is -0.480 e. The average Bonchev–Trinajstić information content (AvgIpc) is 2.84. The van der Waals surface area contributed by atoms with Crippen molar-refractivity contribution in [1.82, 2.24) is 15.6 Å². The molecule has 7 heteroatoms. The van der Waals surface area contributed by atoms with E-state index in [1.165, 1.54) is 11.3 Å². The van der Waals surface area contributed by atoms with Gasteiger partial charge in [-0.1, -0.05) is 27.7 Å². The van der Waals surface area contributed by atoms with E-state index >= 15 is 0 Å². The van der Waals surface area contributed by atoms with Crippen LogP contribution in [-0.2, 0) is 4.79 Å². The lowest BCUT2D eigenvalue weighted by Gasteiger charge is -2.27. The maximum absolute atomic E-state index is 11.8. The fourth-order valence-electron chi connectivity index (χ4n) is 1.64. The molecule has 0 saturated carbocycles. The first kappa shape index (κ1) is 16.4. The highest BCUT2D eigenvalue weighted by Crippen LogP contribution is 2.19. The number of rotatable bonds is 5. The molecule has 0 aliphatic carbocycles. The lowest BCUT2D eigenvalue weighted by molar-refractivity contribution is -0.141. The van der Waals surface area contributed by atoms with Crippen molar-refractivity contribution in [3.8, 4) is 0 Å². The number of thiazole rings is 1. The molecule has 0 bridgehead atoms. The largest absolute Gasteiger partial charge is 0.480 e. The van der Waals surface area contributed by atoms with Gasteiger partial charge >= 0.3 is 12.0 Å². The van der Waals surface area contributed by atoms with Gasteiger partial charge in [0.15, 0.2) is 0 Å². The minimum atomic E-state index is -1.04. The third kappa shape index (κ3) is 4.80. The highest BCUT2D eigenvalue weighted by atomic mass is 32.1. The number of carbonyl (C=O) groups is 2. The molecule has 3 N–H and O–H groups in total. The van der Waals surface area contributed by atoms with Gasteiger partial charge in [-0.3, -0.25) is 0 Å². The van der Waals surface area contributed by atoms with Crippen molar-refractivity contribution < 1.29 is 14.7 Å². The van der Waals surface area contributed by atoms with Crippen LogP contribution in [-0.4, -0.2) is 34.7 Å². The fourth-order valence-corrected chi connectivity index (χ4v) is 2.34. The van der Waals surface area contributed by atoms with E-state index in [1.54, 1.807) is 27.0 Å². The van der Waals surface area contributed by atoms with Crippen LogP contribution in [0.4, 0.5) is 4.79 Å². The van der Waals surface area contributed by atoms with Gasteiger partial charge in [-0.15, -0.1) is 11.3 Å². The molecule has 1 aromatic heterocycles. The summed E-state index contributed by atoms with van der Waals surface area (Å²) in [5.41, 5.74) is -0.551. The summed E-state index contributed by atoms with van der Waals surface area (Å²) in [5.74, 6) is -0.945. The Morgan fingerprint density at radius 1 is 1.45 bits per heavy atom. The van der Waals surface area contributed by atoms with E-state index in [4.69, 9.17) is 5.11 Å². The quantitative estimate of drug-likeness (QED) is 0.776. The molecule has 0 saturated heterocycles. The second kappa shape index (κ2) is 6.69. The van der Waals surface area contributed by atoms with E-state index in [2.05, 4.69) is 15.6 Å². The smallest absolute Gasteiger partial charge is 0.326 e. The van der Waals surface area contributed by atoms with Gasteiger partial charge in [0, 0.05) is 24.0 Å². The molecule has 0 aliphatic heterocycles. The lowest BCUT2D eigenvalue weighted by Crippen LogP contribution is -2.52. The third-order valence-corrected chi connectivity index (χ3v) is 3.84. The number of hydrogen-bond donors (Lipinski definition) is 3.